The number of nitrogens with one attached hydrogen (secondary N) is 1. The zero-order chi connectivity index (χ0) is 18.4. The van der Waals surface area contributed by atoms with Crippen molar-refractivity contribution in [2.75, 3.05) is 26.5 Å². The zero-order valence-corrected chi connectivity index (χ0v) is 15.1. The van der Waals surface area contributed by atoms with E-state index in [0.717, 1.165) is 5.56 Å². The lowest BCUT2D eigenvalue weighted by Crippen LogP contribution is -2.23. The van der Waals surface area contributed by atoms with E-state index in [1.165, 1.54) is 12.0 Å². The average Bonchev–Trinajstić information content (AvgIpc) is 2.62. The lowest BCUT2D eigenvalue weighted by atomic mass is 9.95. The first-order valence-electron chi connectivity index (χ1n) is 8.23. The number of hydrogen-bond donors (Lipinski definition) is 1. The predicted octanol–water partition coefficient (Wildman–Crippen LogP) is 3.53. The summed E-state index contributed by atoms with van der Waals surface area (Å²) >= 11 is 0. The van der Waals surface area contributed by atoms with Gasteiger partial charge in [0, 0.05) is 19.7 Å². The molecule has 0 saturated carbocycles. The van der Waals surface area contributed by atoms with Crippen LogP contribution in [0.1, 0.15) is 35.2 Å². The van der Waals surface area contributed by atoms with Gasteiger partial charge >= 0.3 is 0 Å². The van der Waals surface area contributed by atoms with Crippen LogP contribution in [0.2, 0.25) is 0 Å². The van der Waals surface area contributed by atoms with Crippen LogP contribution in [0.15, 0.2) is 48.5 Å². The van der Waals surface area contributed by atoms with Crippen LogP contribution < -0.4 is 10.1 Å². The Morgan fingerprint density at radius 1 is 1.12 bits per heavy atom. The van der Waals surface area contributed by atoms with Crippen molar-refractivity contribution in [3.63, 3.8) is 0 Å². The van der Waals surface area contributed by atoms with E-state index < -0.39 is 0 Å². The summed E-state index contributed by atoms with van der Waals surface area (Å²) in [6, 6.07) is 14.7. The summed E-state index contributed by atoms with van der Waals surface area (Å²) in [6.45, 7) is 1.98. The van der Waals surface area contributed by atoms with Gasteiger partial charge in [0.25, 0.3) is 5.91 Å². The second kappa shape index (κ2) is 8.33. The second-order valence-electron chi connectivity index (χ2n) is 5.98. The molecule has 0 spiro atoms. The molecule has 0 heterocycles. The maximum atomic E-state index is 12.7. The molecule has 1 N–H and O–H groups in total. The highest BCUT2D eigenvalue weighted by Crippen LogP contribution is 2.28. The van der Waals surface area contributed by atoms with Crippen molar-refractivity contribution in [3.8, 4) is 5.75 Å². The summed E-state index contributed by atoms with van der Waals surface area (Å²) in [5, 5.41) is 2.92. The van der Waals surface area contributed by atoms with Gasteiger partial charge in [0.05, 0.1) is 18.7 Å². The summed E-state index contributed by atoms with van der Waals surface area (Å²) in [4.78, 5) is 26.3. The largest absolute Gasteiger partial charge is 0.495 e. The molecule has 0 aromatic heterocycles. The third-order valence-corrected chi connectivity index (χ3v) is 4.04. The monoisotopic (exact) mass is 340 g/mol. The normalized spacial score (nSPS) is 11.5. The van der Waals surface area contributed by atoms with Crippen LogP contribution in [-0.4, -0.2) is 37.9 Å². The fraction of sp³-hybridized carbons (Fsp3) is 0.300. The average molecular weight is 340 g/mol. The highest BCUT2D eigenvalue weighted by Gasteiger charge is 2.20. The molecule has 0 bridgehead atoms. The Morgan fingerprint density at radius 2 is 1.80 bits per heavy atom. The summed E-state index contributed by atoms with van der Waals surface area (Å²) in [5.41, 5.74) is 2.04. The van der Waals surface area contributed by atoms with Gasteiger partial charge in [-0.3, -0.25) is 9.59 Å². The molecule has 5 nitrogen and oxygen atoms in total. The highest BCUT2D eigenvalue weighted by atomic mass is 16.5. The molecule has 0 fully saturated rings. The zero-order valence-electron chi connectivity index (χ0n) is 15.1. The SMILES string of the molecule is CCC(C(=O)Nc1ccc(C(=O)N(C)C)cc1OC)c1ccccc1. The first-order chi connectivity index (χ1) is 12.0. The van der Waals surface area contributed by atoms with Crippen LogP contribution in [0, 0.1) is 0 Å². The van der Waals surface area contributed by atoms with Crippen LogP contribution in [0.3, 0.4) is 0 Å². The van der Waals surface area contributed by atoms with Crippen molar-refractivity contribution in [3.05, 3.63) is 59.7 Å². The lowest BCUT2D eigenvalue weighted by Gasteiger charge is -2.18. The van der Waals surface area contributed by atoms with Gasteiger partial charge in [0.1, 0.15) is 5.75 Å². The Balaban J connectivity index is 2.24. The number of methoxy groups -OCH3 is 1. The van der Waals surface area contributed by atoms with Crippen LogP contribution in [0.25, 0.3) is 0 Å². The Hall–Kier alpha value is -2.82. The first-order valence-corrected chi connectivity index (χ1v) is 8.23. The Kier molecular flexibility index (Phi) is 6.17. The van der Waals surface area contributed by atoms with Crippen molar-refractivity contribution in [2.24, 2.45) is 0 Å². The number of anilines is 1. The van der Waals surface area contributed by atoms with E-state index >= 15 is 0 Å². The van der Waals surface area contributed by atoms with E-state index in [1.807, 2.05) is 37.3 Å². The van der Waals surface area contributed by atoms with Gasteiger partial charge in [-0.1, -0.05) is 37.3 Å². The second-order valence-corrected chi connectivity index (χ2v) is 5.98. The summed E-state index contributed by atoms with van der Waals surface area (Å²) in [7, 11) is 4.90. The fourth-order valence-electron chi connectivity index (χ4n) is 2.66. The minimum Gasteiger partial charge on any atom is -0.495 e. The van der Waals surface area contributed by atoms with E-state index in [1.54, 1.807) is 32.3 Å². The number of nitrogens with zero attached hydrogens (tertiary/aromatic N) is 1. The van der Waals surface area contributed by atoms with Gasteiger partial charge in [-0.25, -0.2) is 0 Å². The maximum absolute atomic E-state index is 12.7. The summed E-state index contributed by atoms with van der Waals surface area (Å²) in [5.74, 6) is 0.00328. The predicted molar refractivity (Wildman–Crippen MR) is 99.1 cm³/mol. The molecule has 132 valence electrons. The molecule has 0 saturated heterocycles. The number of carbonyl (C=O) groups excluding carboxylic acids is 2. The number of ether oxygens (including phenoxy) is 1. The molecule has 0 radical (unpaired) electrons. The highest BCUT2D eigenvalue weighted by molar-refractivity contribution is 5.99. The van der Waals surface area contributed by atoms with Crippen molar-refractivity contribution in [1.29, 1.82) is 0 Å². The van der Waals surface area contributed by atoms with Crippen molar-refractivity contribution >= 4 is 17.5 Å². The maximum Gasteiger partial charge on any atom is 0.253 e. The molecule has 2 rings (SSSR count). The molecule has 0 aliphatic heterocycles. The van der Waals surface area contributed by atoms with Gasteiger partial charge in [0.15, 0.2) is 0 Å². The molecule has 0 aliphatic rings. The van der Waals surface area contributed by atoms with Gasteiger partial charge in [-0.15, -0.1) is 0 Å². The lowest BCUT2D eigenvalue weighted by molar-refractivity contribution is -0.117. The van der Waals surface area contributed by atoms with Crippen LogP contribution >= 0.6 is 0 Å². The van der Waals surface area contributed by atoms with E-state index in [0.29, 0.717) is 23.4 Å². The molecule has 2 amide bonds. The van der Waals surface area contributed by atoms with E-state index in [2.05, 4.69) is 5.32 Å². The molecule has 0 aliphatic carbocycles. The molecule has 25 heavy (non-hydrogen) atoms. The van der Waals surface area contributed by atoms with Crippen LogP contribution in [0.4, 0.5) is 5.69 Å². The molecule has 1 atom stereocenters. The number of hydrogen-bond acceptors (Lipinski definition) is 3. The van der Waals surface area contributed by atoms with Gasteiger partial charge < -0.3 is 15.0 Å². The minimum atomic E-state index is -0.242. The Labute approximate surface area is 148 Å². The topological polar surface area (TPSA) is 58.6 Å². The molecule has 1 unspecified atom stereocenters. The third kappa shape index (κ3) is 4.38. The standard InChI is InChI=1S/C20H24N2O3/c1-5-16(14-9-7-6-8-10-14)19(23)21-17-12-11-15(13-18(17)25-4)20(24)22(2)3/h6-13,16H,5H2,1-4H3,(H,21,23). The van der Waals surface area contributed by atoms with E-state index in [-0.39, 0.29) is 17.7 Å². The van der Waals surface area contributed by atoms with Crippen LogP contribution in [0.5, 0.6) is 5.75 Å². The van der Waals surface area contributed by atoms with Gasteiger partial charge in [0.2, 0.25) is 5.91 Å². The number of amides is 2. The Morgan fingerprint density at radius 3 is 2.36 bits per heavy atom. The minimum absolute atomic E-state index is 0.0984. The first kappa shape index (κ1) is 18.5. The molecule has 5 heteroatoms. The fourth-order valence-corrected chi connectivity index (χ4v) is 2.66. The number of benzene rings is 2. The molecular weight excluding hydrogens is 316 g/mol. The summed E-state index contributed by atoms with van der Waals surface area (Å²) < 4.78 is 5.35. The third-order valence-electron chi connectivity index (χ3n) is 4.04. The smallest absolute Gasteiger partial charge is 0.253 e. The molecule has 2 aromatic carbocycles. The van der Waals surface area contributed by atoms with E-state index in [9.17, 15) is 9.59 Å². The van der Waals surface area contributed by atoms with Gasteiger partial charge in [-0.05, 0) is 30.2 Å². The summed E-state index contributed by atoms with van der Waals surface area (Å²) in [6.07, 6.45) is 0.690. The molecule has 2 aromatic rings. The van der Waals surface area contributed by atoms with Gasteiger partial charge in [-0.2, -0.15) is 0 Å². The molecular formula is C20H24N2O3. The van der Waals surface area contributed by atoms with Crippen molar-refractivity contribution in [2.45, 2.75) is 19.3 Å². The quantitative estimate of drug-likeness (QED) is 0.875. The Bertz CT molecular complexity index is 742. The van der Waals surface area contributed by atoms with Crippen molar-refractivity contribution in [1.82, 2.24) is 4.90 Å². The number of carbonyl (C=O) groups is 2. The van der Waals surface area contributed by atoms with E-state index in [4.69, 9.17) is 4.74 Å². The number of rotatable bonds is 6. The van der Waals surface area contributed by atoms with Crippen molar-refractivity contribution < 1.29 is 14.3 Å². The van der Waals surface area contributed by atoms with Crippen LogP contribution in [-0.2, 0) is 4.79 Å².